The molecule has 0 N–H and O–H groups in total. The fourth-order valence-corrected chi connectivity index (χ4v) is 3.42. The lowest BCUT2D eigenvalue weighted by Crippen LogP contribution is -2.31. The van der Waals surface area contributed by atoms with Crippen molar-refractivity contribution in [3.8, 4) is 0 Å². The van der Waals surface area contributed by atoms with Crippen LogP contribution < -0.4 is 5.56 Å². The van der Waals surface area contributed by atoms with E-state index in [2.05, 4.69) is 4.98 Å². The molecule has 0 bridgehead atoms. The minimum absolute atomic E-state index is 0.00251. The van der Waals surface area contributed by atoms with E-state index in [1.165, 1.54) is 11.8 Å². The summed E-state index contributed by atoms with van der Waals surface area (Å²) < 4.78 is 1.66. The normalized spacial score (nSPS) is 12.6. The molecule has 1 atom stereocenters. The average Bonchev–Trinajstić information content (AvgIpc) is 2.46. The van der Waals surface area contributed by atoms with Gasteiger partial charge in [0.1, 0.15) is 0 Å². The molecule has 0 radical (unpaired) electrons. The number of rotatable bonds is 4. The van der Waals surface area contributed by atoms with Gasteiger partial charge in [0.15, 0.2) is 5.16 Å². The van der Waals surface area contributed by atoms with Gasteiger partial charge in [-0.15, -0.1) is 0 Å². The summed E-state index contributed by atoms with van der Waals surface area (Å²) >= 11 is 1.32. The highest BCUT2D eigenvalue weighted by Crippen LogP contribution is 2.25. The monoisotopic (exact) mass is 319 g/mol. The second-order valence-electron chi connectivity index (χ2n) is 5.67. The third kappa shape index (κ3) is 3.16. The Morgan fingerprint density at radius 3 is 2.45 bits per heavy atom. The van der Waals surface area contributed by atoms with Crippen molar-refractivity contribution in [1.29, 1.82) is 0 Å². The van der Waals surface area contributed by atoms with E-state index in [9.17, 15) is 9.59 Å². The summed E-state index contributed by atoms with van der Waals surface area (Å²) in [5.41, 5.74) is 0.601. The molecular weight excluding hydrogens is 298 g/mol. The third-order valence-electron chi connectivity index (χ3n) is 3.36. The van der Waals surface area contributed by atoms with Crippen LogP contribution in [0.1, 0.15) is 26.8 Å². The molecule has 0 saturated heterocycles. The summed E-state index contributed by atoms with van der Waals surface area (Å²) in [6, 6.07) is 7.28. The van der Waals surface area contributed by atoms with Crippen molar-refractivity contribution < 1.29 is 4.79 Å². The van der Waals surface area contributed by atoms with Gasteiger partial charge < -0.3 is 4.90 Å². The van der Waals surface area contributed by atoms with E-state index in [-0.39, 0.29) is 22.8 Å². The molecule has 1 heterocycles. The Balaban J connectivity index is 2.55. The molecule has 1 amide bonds. The lowest BCUT2D eigenvalue weighted by Gasteiger charge is -2.20. The summed E-state index contributed by atoms with van der Waals surface area (Å²) in [5, 5.41) is 0.890. The molecule has 0 fully saturated rings. The Kier molecular flexibility index (Phi) is 4.90. The van der Waals surface area contributed by atoms with Gasteiger partial charge in [-0.05, 0) is 32.9 Å². The van der Waals surface area contributed by atoms with Crippen molar-refractivity contribution in [2.24, 2.45) is 0 Å². The molecule has 6 heteroatoms. The zero-order chi connectivity index (χ0) is 16.4. The molecule has 0 unspecified atom stereocenters. The van der Waals surface area contributed by atoms with Crippen LogP contribution in [-0.4, -0.2) is 39.7 Å². The lowest BCUT2D eigenvalue weighted by atomic mass is 10.2. The van der Waals surface area contributed by atoms with Crippen LogP contribution in [0.3, 0.4) is 0 Å². The van der Waals surface area contributed by atoms with Gasteiger partial charge in [0.25, 0.3) is 5.56 Å². The van der Waals surface area contributed by atoms with Crippen molar-refractivity contribution in [1.82, 2.24) is 14.5 Å². The van der Waals surface area contributed by atoms with E-state index in [1.807, 2.05) is 39.0 Å². The topological polar surface area (TPSA) is 55.2 Å². The average molecular weight is 319 g/mol. The summed E-state index contributed by atoms with van der Waals surface area (Å²) in [7, 11) is 3.45. The predicted octanol–water partition coefficient (Wildman–Crippen LogP) is 2.55. The number of hydrogen-bond donors (Lipinski definition) is 0. The molecule has 0 saturated carbocycles. The van der Waals surface area contributed by atoms with Gasteiger partial charge in [0.2, 0.25) is 5.91 Å². The minimum atomic E-state index is -0.298. The third-order valence-corrected chi connectivity index (χ3v) is 4.42. The second kappa shape index (κ2) is 6.52. The number of aromatic nitrogens is 2. The number of para-hydroxylation sites is 1. The highest BCUT2D eigenvalue weighted by molar-refractivity contribution is 8.00. The van der Waals surface area contributed by atoms with Crippen LogP contribution in [0.5, 0.6) is 0 Å². The highest BCUT2D eigenvalue weighted by atomic mass is 32.2. The van der Waals surface area contributed by atoms with E-state index in [1.54, 1.807) is 29.6 Å². The van der Waals surface area contributed by atoms with Crippen LogP contribution in [0.4, 0.5) is 0 Å². The fraction of sp³-hybridized carbons (Fsp3) is 0.438. The number of carbonyl (C=O) groups excluding carboxylic acids is 1. The largest absolute Gasteiger partial charge is 0.348 e. The van der Waals surface area contributed by atoms with Crippen molar-refractivity contribution in [3.63, 3.8) is 0 Å². The standard InChI is InChI=1S/C16H21N3O2S/c1-10(2)19-15(21)12-8-6-7-9-13(12)17-16(19)22-11(3)14(20)18(4)5/h6-11H,1-5H3/t11-/m1/s1. The molecule has 2 rings (SSSR count). The quantitative estimate of drug-likeness (QED) is 0.642. The maximum atomic E-state index is 12.7. The zero-order valence-electron chi connectivity index (χ0n) is 13.5. The molecule has 0 spiro atoms. The van der Waals surface area contributed by atoms with Gasteiger partial charge in [-0.2, -0.15) is 0 Å². The van der Waals surface area contributed by atoms with Gasteiger partial charge in [0, 0.05) is 20.1 Å². The lowest BCUT2D eigenvalue weighted by molar-refractivity contribution is -0.127. The molecule has 0 aliphatic carbocycles. The summed E-state index contributed by atoms with van der Waals surface area (Å²) in [4.78, 5) is 30.9. The maximum absolute atomic E-state index is 12.7. The molecule has 1 aromatic heterocycles. The summed E-state index contributed by atoms with van der Waals surface area (Å²) in [6.07, 6.45) is 0. The Hall–Kier alpha value is -1.82. The van der Waals surface area contributed by atoms with Crippen LogP contribution in [-0.2, 0) is 4.79 Å². The van der Waals surface area contributed by atoms with Gasteiger partial charge >= 0.3 is 0 Å². The van der Waals surface area contributed by atoms with E-state index in [0.29, 0.717) is 16.1 Å². The molecule has 5 nitrogen and oxygen atoms in total. The highest BCUT2D eigenvalue weighted by Gasteiger charge is 2.21. The first-order chi connectivity index (χ1) is 10.3. The minimum Gasteiger partial charge on any atom is -0.348 e. The van der Waals surface area contributed by atoms with E-state index < -0.39 is 0 Å². The number of benzene rings is 1. The van der Waals surface area contributed by atoms with Crippen molar-refractivity contribution in [2.75, 3.05) is 14.1 Å². The number of thioether (sulfide) groups is 1. The number of hydrogen-bond acceptors (Lipinski definition) is 4. The zero-order valence-corrected chi connectivity index (χ0v) is 14.3. The first-order valence-electron chi connectivity index (χ1n) is 7.22. The molecule has 0 aliphatic heterocycles. The van der Waals surface area contributed by atoms with Gasteiger partial charge in [0.05, 0.1) is 16.2 Å². The van der Waals surface area contributed by atoms with E-state index >= 15 is 0 Å². The van der Waals surface area contributed by atoms with E-state index in [4.69, 9.17) is 0 Å². The molecule has 1 aromatic carbocycles. The molecule has 118 valence electrons. The number of fused-ring (bicyclic) bond motifs is 1. The number of amides is 1. The SMILES string of the molecule is CC(C)n1c(S[C@H](C)C(=O)N(C)C)nc2ccccc2c1=O. The maximum Gasteiger partial charge on any atom is 0.262 e. The van der Waals surface area contributed by atoms with Crippen LogP contribution in [0.2, 0.25) is 0 Å². The van der Waals surface area contributed by atoms with Gasteiger partial charge in [-0.3, -0.25) is 14.2 Å². The smallest absolute Gasteiger partial charge is 0.262 e. The van der Waals surface area contributed by atoms with E-state index in [0.717, 1.165) is 0 Å². The Morgan fingerprint density at radius 2 is 1.86 bits per heavy atom. The Labute approximate surface area is 134 Å². The predicted molar refractivity (Wildman–Crippen MR) is 90.4 cm³/mol. The van der Waals surface area contributed by atoms with Crippen molar-refractivity contribution in [2.45, 2.75) is 37.2 Å². The first-order valence-corrected chi connectivity index (χ1v) is 8.10. The fourth-order valence-electron chi connectivity index (χ4n) is 2.24. The molecule has 0 aliphatic rings. The first kappa shape index (κ1) is 16.5. The molecule has 2 aromatic rings. The van der Waals surface area contributed by atoms with Crippen molar-refractivity contribution in [3.05, 3.63) is 34.6 Å². The Morgan fingerprint density at radius 1 is 1.23 bits per heavy atom. The van der Waals surface area contributed by atoms with Gasteiger partial charge in [-0.25, -0.2) is 4.98 Å². The number of nitrogens with zero attached hydrogens (tertiary/aromatic N) is 3. The summed E-state index contributed by atoms with van der Waals surface area (Å²) in [5.74, 6) is 0.00251. The van der Waals surface area contributed by atoms with Crippen LogP contribution >= 0.6 is 11.8 Å². The van der Waals surface area contributed by atoms with Gasteiger partial charge in [-0.1, -0.05) is 23.9 Å². The van der Waals surface area contributed by atoms with Crippen LogP contribution in [0.15, 0.2) is 34.2 Å². The number of carbonyl (C=O) groups is 1. The van der Waals surface area contributed by atoms with Crippen LogP contribution in [0, 0.1) is 0 Å². The molecular formula is C16H21N3O2S. The Bertz CT molecular complexity index is 753. The second-order valence-corrected chi connectivity index (χ2v) is 6.98. The van der Waals surface area contributed by atoms with Crippen molar-refractivity contribution >= 4 is 28.6 Å². The molecule has 22 heavy (non-hydrogen) atoms. The van der Waals surface area contributed by atoms with Crippen LogP contribution in [0.25, 0.3) is 10.9 Å². The summed E-state index contributed by atoms with van der Waals surface area (Å²) in [6.45, 7) is 5.72.